The summed E-state index contributed by atoms with van der Waals surface area (Å²) in [4.78, 5) is 18.4. The molecule has 1 aromatic rings. The van der Waals surface area contributed by atoms with Gasteiger partial charge in [0.15, 0.2) is 0 Å². The number of aromatic nitrogens is 2. The van der Waals surface area contributed by atoms with E-state index in [1.54, 1.807) is 39.5 Å². The van der Waals surface area contributed by atoms with Crippen LogP contribution in [0.1, 0.15) is 45.1 Å². The standard InChI is InChI=1S/C17H29N5O3S/c1-15(21-9-8-18-14-21)17(23)20-10-12-22(13-11-20)26(24,25)19(2)16-6-4-3-5-7-16/h8-9,14-16H,3-7,10-13H2,1-2H3. The van der Waals surface area contributed by atoms with Gasteiger partial charge in [-0.2, -0.15) is 17.0 Å². The first kappa shape index (κ1) is 19.3. The van der Waals surface area contributed by atoms with Gasteiger partial charge in [-0.1, -0.05) is 19.3 Å². The summed E-state index contributed by atoms with van der Waals surface area (Å²) in [5, 5.41) is 0. The molecule has 0 aromatic carbocycles. The van der Waals surface area contributed by atoms with Crippen molar-refractivity contribution >= 4 is 16.1 Å². The van der Waals surface area contributed by atoms with Gasteiger partial charge < -0.3 is 9.47 Å². The first-order chi connectivity index (χ1) is 12.4. The van der Waals surface area contributed by atoms with Crippen LogP contribution in [0.5, 0.6) is 0 Å². The van der Waals surface area contributed by atoms with E-state index in [4.69, 9.17) is 0 Å². The number of imidazole rings is 1. The molecule has 3 rings (SSSR count). The van der Waals surface area contributed by atoms with Crippen molar-refractivity contribution in [2.24, 2.45) is 0 Å². The molecular weight excluding hydrogens is 354 g/mol. The molecule has 1 amide bonds. The second-order valence-electron chi connectivity index (χ2n) is 7.23. The summed E-state index contributed by atoms with van der Waals surface area (Å²) in [6, 6.07) is -0.222. The molecule has 0 radical (unpaired) electrons. The van der Waals surface area contributed by atoms with E-state index in [1.807, 2.05) is 6.92 Å². The Morgan fingerprint density at radius 2 is 1.81 bits per heavy atom. The topological polar surface area (TPSA) is 78.8 Å². The van der Waals surface area contributed by atoms with Crippen molar-refractivity contribution in [3.63, 3.8) is 0 Å². The van der Waals surface area contributed by atoms with Gasteiger partial charge in [-0.25, -0.2) is 4.98 Å². The molecule has 146 valence electrons. The second-order valence-corrected chi connectivity index (χ2v) is 9.21. The normalized spacial score (nSPS) is 21.9. The van der Waals surface area contributed by atoms with E-state index in [1.165, 1.54) is 10.7 Å². The van der Waals surface area contributed by atoms with Gasteiger partial charge in [0.2, 0.25) is 5.91 Å². The SMILES string of the molecule is CC(C(=O)N1CCN(S(=O)(=O)N(C)C2CCCCC2)CC1)n1ccnc1. The highest BCUT2D eigenvalue weighted by molar-refractivity contribution is 7.86. The molecule has 1 saturated heterocycles. The fourth-order valence-corrected chi connectivity index (χ4v) is 5.42. The van der Waals surface area contributed by atoms with Crippen LogP contribution in [0.2, 0.25) is 0 Å². The number of amides is 1. The van der Waals surface area contributed by atoms with Crippen molar-refractivity contribution in [1.29, 1.82) is 0 Å². The number of hydrogen-bond acceptors (Lipinski definition) is 4. The van der Waals surface area contributed by atoms with Crippen LogP contribution in [0.15, 0.2) is 18.7 Å². The summed E-state index contributed by atoms with van der Waals surface area (Å²) in [6.07, 6.45) is 10.3. The van der Waals surface area contributed by atoms with Crippen LogP contribution in [0, 0.1) is 0 Å². The van der Waals surface area contributed by atoms with Crippen LogP contribution in [-0.4, -0.2) is 76.7 Å². The zero-order valence-electron chi connectivity index (χ0n) is 15.6. The van der Waals surface area contributed by atoms with Crippen molar-refractivity contribution in [2.45, 2.75) is 51.1 Å². The van der Waals surface area contributed by atoms with Gasteiger partial charge in [0, 0.05) is 51.7 Å². The minimum atomic E-state index is -3.46. The minimum Gasteiger partial charge on any atom is -0.338 e. The van der Waals surface area contributed by atoms with E-state index in [0.29, 0.717) is 26.2 Å². The monoisotopic (exact) mass is 383 g/mol. The molecule has 0 spiro atoms. The zero-order chi connectivity index (χ0) is 18.7. The average molecular weight is 384 g/mol. The molecule has 9 heteroatoms. The van der Waals surface area contributed by atoms with E-state index in [9.17, 15) is 13.2 Å². The predicted molar refractivity (Wildman–Crippen MR) is 98.6 cm³/mol. The maximum atomic E-state index is 12.9. The Morgan fingerprint density at radius 1 is 1.15 bits per heavy atom. The maximum absolute atomic E-state index is 12.9. The van der Waals surface area contributed by atoms with Gasteiger partial charge >= 0.3 is 0 Å². The number of hydrogen-bond donors (Lipinski definition) is 0. The van der Waals surface area contributed by atoms with Gasteiger partial charge in [0.25, 0.3) is 10.2 Å². The third kappa shape index (κ3) is 3.94. The summed E-state index contributed by atoms with van der Waals surface area (Å²) in [7, 11) is -1.76. The molecule has 1 aromatic heterocycles. The van der Waals surface area contributed by atoms with E-state index in [-0.39, 0.29) is 18.0 Å². The Labute approximate surface area is 156 Å². The van der Waals surface area contributed by atoms with Gasteiger partial charge in [0.1, 0.15) is 6.04 Å². The molecule has 1 aliphatic heterocycles. The van der Waals surface area contributed by atoms with Gasteiger partial charge in [-0.15, -0.1) is 0 Å². The Kier molecular flexibility index (Phi) is 5.99. The third-order valence-electron chi connectivity index (χ3n) is 5.66. The molecule has 2 heterocycles. The lowest BCUT2D eigenvalue weighted by Crippen LogP contribution is -2.55. The van der Waals surface area contributed by atoms with E-state index in [2.05, 4.69) is 4.98 Å². The Hall–Kier alpha value is -1.45. The van der Waals surface area contributed by atoms with Gasteiger partial charge in [-0.3, -0.25) is 4.79 Å². The Balaban J connectivity index is 1.58. The van der Waals surface area contributed by atoms with Crippen LogP contribution in [0.25, 0.3) is 0 Å². The summed E-state index contributed by atoms with van der Waals surface area (Å²) in [5.74, 6) is 0.000632. The molecular formula is C17H29N5O3S. The summed E-state index contributed by atoms with van der Waals surface area (Å²) in [6.45, 7) is 3.39. The summed E-state index contributed by atoms with van der Waals surface area (Å²) >= 11 is 0. The fraction of sp³-hybridized carbons (Fsp3) is 0.765. The largest absolute Gasteiger partial charge is 0.338 e. The lowest BCUT2D eigenvalue weighted by atomic mass is 9.96. The first-order valence-electron chi connectivity index (χ1n) is 9.40. The molecule has 1 unspecified atom stereocenters. The minimum absolute atomic E-state index is 0.000632. The van der Waals surface area contributed by atoms with Gasteiger partial charge in [-0.05, 0) is 19.8 Å². The number of carbonyl (C=O) groups excluding carboxylic acids is 1. The second kappa shape index (κ2) is 8.06. The molecule has 2 fully saturated rings. The molecule has 8 nitrogen and oxygen atoms in total. The lowest BCUT2D eigenvalue weighted by molar-refractivity contribution is -0.135. The zero-order valence-corrected chi connectivity index (χ0v) is 16.4. The van der Waals surface area contributed by atoms with Crippen LogP contribution in [0.3, 0.4) is 0 Å². The molecule has 1 aliphatic carbocycles. The van der Waals surface area contributed by atoms with Crippen LogP contribution in [-0.2, 0) is 15.0 Å². The predicted octanol–water partition coefficient (Wildman–Crippen LogP) is 1.10. The molecule has 0 bridgehead atoms. The highest BCUT2D eigenvalue weighted by atomic mass is 32.2. The fourth-order valence-electron chi connectivity index (χ4n) is 3.84. The van der Waals surface area contributed by atoms with E-state index < -0.39 is 10.2 Å². The molecule has 1 saturated carbocycles. The Morgan fingerprint density at radius 3 is 2.38 bits per heavy atom. The molecule has 0 N–H and O–H groups in total. The van der Waals surface area contributed by atoms with E-state index >= 15 is 0 Å². The number of nitrogens with zero attached hydrogens (tertiary/aromatic N) is 5. The third-order valence-corrected chi connectivity index (χ3v) is 7.70. The van der Waals surface area contributed by atoms with Crippen molar-refractivity contribution < 1.29 is 13.2 Å². The first-order valence-corrected chi connectivity index (χ1v) is 10.8. The van der Waals surface area contributed by atoms with Crippen molar-refractivity contribution in [3.05, 3.63) is 18.7 Å². The van der Waals surface area contributed by atoms with Crippen molar-refractivity contribution in [1.82, 2.24) is 23.1 Å². The van der Waals surface area contributed by atoms with Crippen LogP contribution >= 0.6 is 0 Å². The van der Waals surface area contributed by atoms with Crippen LogP contribution < -0.4 is 0 Å². The van der Waals surface area contributed by atoms with Crippen molar-refractivity contribution in [2.75, 3.05) is 33.2 Å². The van der Waals surface area contributed by atoms with Crippen LogP contribution in [0.4, 0.5) is 0 Å². The average Bonchev–Trinajstić information content (AvgIpc) is 3.21. The number of piperazine rings is 1. The molecule has 2 aliphatic rings. The quantitative estimate of drug-likeness (QED) is 0.763. The van der Waals surface area contributed by atoms with Crippen molar-refractivity contribution in [3.8, 4) is 0 Å². The highest BCUT2D eigenvalue weighted by Gasteiger charge is 2.36. The molecule has 26 heavy (non-hydrogen) atoms. The summed E-state index contributed by atoms with van der Waals surface area (Å²) < 4.78 is 30.7. The van der Waals surface area contributed by atoms with Gasteiger partial charge in [0.05, 0.1) is 6.33 Å². The smallest absolute Gasteiger partial charge is 0.282 e. The highest BCUT2D eigenvalue weighted by Crippen LogP contribution is 2.25. The Bertz CT molecular complexity index is 692. The van der Waals surface area contributed by atoms with E-state index in [0.717, 1.165) is 25.7 Å². The maximum Gasteiger partial charge on any atom is 0.282 e. The molecule has 1 atom stereocenters. The summed E-state index contributed by atoms with van der Waals surface area (Å²) in [5.41, 5.74) is 0. The number of carbonyl (C=O) groups is 1. The number of rotatable bonds is 5. The lowest BCUT2D eigenvalue weighted by Gasteiger charge is -2.39.